The zero-order valence-electron chi connectivity index (χ0n) is 16.1. The van der Waals surface area contributed by atoms with Crippen molar-refractivity contribution < 1.29 is 9.47 Å². The summed E-state index contributed by atoms with van der Waals surface area (Å²) < 4.78 is 11.6. The molecule has 0 saturated heterocycles. The van der Waals surface area contributed by atoms with Gasteiger partial charge < -0.3 is 9.47 Å². The molecule has 0 saturated carbocycles. The van der Waals surface area contributed by atoms with Crippen LogP contribution < -0.4 is 4.74 Å². The number of hydrogen-bond acceptors (Lipinski definition) is 3. The molecule has 28 heavy (non-hydrogen) atoms. The SMILES string of the molecule is COCC(COc1ccccc1)N(Cc1ccccc1)Cc1ccccc1Cl. The lowest BCUT2D eigenvalue weighted by atomic mass is 10.1. The summed E-state index contributed by atoms with van der Waals surface area (Å²) in [5, 5.41) is 0.778. The molecule has 0 aliphatic heterocycles. The van der Waals surface area contributed by atoms with Crippen molar-refractivity contribution in [2.45, 2.75) is 19.1 Å². The summed E-state index contributed by atoms with van der Waals surface area (Å²) in [5.74, 6) is 0.862. The van der Waals surface area contributed by atoms with Crippen LogP contribution in [0.1, 0.15) is 11.1 Å². The van der Waals surface area contributed by atoms with Crippen molar-refractivity contribution in [1.82, 2.24) is 4.90 Å². The molecule has 3 rings (SSSR count). The quantitative estimate of drug-likeness (QED) is 0.456. The minimum atomic E-state index is 0.0849. The fraction of sp³-hybridized carbons (Fsp3) is 0.250. The number of hydrogen-bond donors (Lipinski definition) is 0. The largest absolute Gasteiger partial charge is 0.492 e. The van der Waals surface area contributed by atoms with Gasteiger partial charge in [0, 0.05) is 25.2 Å². The van der Waals surface area contributed by atoms with Gasteiger partial charge in [0.05, 0.1) is 12.6 Å². The van der Waals surface area contributed by atoms with Crippen molar-refractivity contribution in [3.63, 3.8) is 0 Å². The maximum Gasteiger partial charge on any atom is 0.119 e. The highest BCUT2D eigenvalue weighted by Gasteiger charge is 2.21. The molecule has 0 bridgehead atoms. The van der Waals surface area contributed by atoms with Crippen molar-refractivity contribution in [2.24, 2.45) is 0 Å². The monoisotopic (exact) mass is 395 g/mol. The molecule has 0 aliphatic rings. The predicted octanol–water partition coefficient (Wildman–Crippen LogP) is 5.44. The van der Waals surface area contributed by atoms with Crippen LogP contribution in [0.4, 0.5) is 0 Å². The van der Waals surface area contributed by atoms with Gasteiger partial charge in [0.1, 0.15) is 12.4 Å². The molecule has 3 aromatic carbocycles. The second kappa shape index (κ2) is 10.9. The van der Waals surface area contributed by atoms with Gasteiger partial charge >= 0.3 is 0 Å². The molecule has 3 nitrogen and oxygen atoms in total. The van der Waals surface area contributed by atoms with Gasteiger partial charge in [-0.25, -0.2) is 0 Å². The number of rotatable bonds is 10. The van der Waals surface area contributed by atoms with Gasteiger partial charge in [-0.3, -0.25) is 4.90 Å². The van der Waals surface area contributed by atoms with Crippen LogP contribution in [0.2, 0.25) is 5.02 Å². The number of methoxy groups -OCH3 is 1. The molecule has 1 atom stereocenters. The van der Waals surface area contributed by atoms with Gasteiger partial charge in [0.2, 0.25) is 0 Å². The summed E-state index contributed by atoms with van der Waals surface area (Å²) in [7, 11) is 1.73. The van der Waals surface area contributed by atoms with Gasteiger partial charge in [0.15, 0.2) is 0 Å². The van der Waals surface area contributed by atoms with E-state index < -0.39 is 0 Å². The summed E-state index contributed by atoms with van der Waals surface area (Å²) >= 11 is 6.44. The lowest BCUT2D eigenvalue weighted by molar-refractivity contribution is 0.0499. The third kappa shape index (κ3) is 6.10. The van der Waals surface area contributed by atoms with E-state index >= 15 is 0 Å². The molecule has 4 heteroatoms. The zero-order valence-corrected chi connectivity index (χ0v) is 16.9. The Morgan fingerprint density at radius 2 is 1.43 bits per heavy atom. The van der Waals surface area contributed by atoms with E-state index in [1.807, 2.05) is 54.6 Å². The van der Waals surface area contributed by atoms with E-state index in [1.54, 1.807) is 7.11 Å². The molecule has 0 aromatic heterocycles. The minimum Gasteiger partial charge on any atom is -0.492 e. The van der Waals surface area contributed by atoms with E-state index in [0.717, 1.165) is 29.4 Å². The van der Waals surface area contributed by atoms with Crippen molar-refractivity contribution >= 4 is 11.6 Å². The molecular formula is C24H26ClNO2. The lowest BCUT2D eigenvalue weighted by Crippen LogP contribution is -2.42. The second-order valence-corrected chi connectivity index (χ2v) is 7.12. The molecule has 3 aromatic rings. The molecule has 0 spiro atoms. The fourth-order valence-corrected chi connectivity index (χ4v) is 3.33. The van der Waals surface area contributed by atoms with Crippen LogP contribution in [0.15, 0.2) is 84.9 Å². The second-order valence-electron chi connectivity index (χ2n) is 6.72. The highest BCUT2D eigenvalue weighted by atomic mass is 35.5. The van der Waals surface area contributed by atoms with E-state index in [9.17, 15) is 0 Å². The van der Waals surface area contributed by atoms with Crippen molar-refractivity contribution in [3.8, 4) is 5.75 Å². The molecule has 0 radical (unpaired) electrons. The van der Waals surface area contributed by atoms with Gasteiger partial charge in [0.25, 0.3) is 0 Å². The Morgan fingerprint density at radius 3 is 2.11 bits per heavy atom. The number of ether oxygens (including phenoxy) is 2. The van der Waals surface area contributed by atoms with E-state index in [2.05, 4.69) is 35.2 Å². The first-order valence-electron chi connectivity index (χ1n) is 9.44. The molecule has 0 N–H and O–H groups in total. The van der Waals surface area contributed by atoms with E-state index in [4.69, 9.17) is 21.1 Å². The van der Waals surface area contributed by atoms with Gasteiger partial charge in [-0.2, -0.15) is 0 Å². The molecule has 0 fully saturated rings. The Hall–Kier alpha value is -2.33. The molecule has 146 valence electrons. The highest BCUT2D eigenvalue weighted by Crippen LogP contribution is 2.21. The molecule has 0 aliphatic carbocycles. The van der Waals surface area contributed by atoms with Crippen LogP contribution in [0.3, 0.4) is 0 Å². The fourth-order valence-electron chi connectivity index (χ4n) is 3.14. The molecule has 1 unspecified atom stereocenters. The van der Waals surface area contributed by atoms with E-state index in [1.165, 1.54) is 5.56 Å². The summed E-state index contributed by atoms with van der Waals surface area (Å²) in [4.78, 5) is 2.36. The lowest BCUT2D eigenvalue weighted by Gasteiger charge is -2.31. The maximum atomic E-state index is 6.44. The van der Waals surface area contributed by atoms with Gasteiger partial charge in [-0.05, 0) is 29.3 Å². The van der Waals surface area contributed by atoms with Gasteiger partial charge in [-0.15, -0.1) is 0 Å². The molecular weight excluding hydrogens is 370 g/mol. The van der Waals surface area contributed by atoms with Crippen LogP contribution in [0.25, 0.3) is 0 Å². The molecule has 0 heterocycles. The average molecular weight is 396 g/mol. The third-order valence-corrected chi connectivity index (χ3v) is 4.99. The Bertz CT molecular complexity index is 826. The topological polar surface area (TPSA) is 21.7 Å². The Kier molecular flexibility index (Phi) is 7.92. The first-order chi connectivity index (χ1) is 13.8. The predicted molar refractivity (Wildman–Crippen MR) is 115 cm³/mol. The van der Waals surface area contributed by atoms with Crippen LogP contribution >= 0.6 is 11.6 Å². The van der Waals surface area contributed by atoms with Crippen LogP contribution in [-0.2, 0) is 17.8 Å². The zero-order chi connectivity index (χ0) is 19.6. The third-order valence-electron chi connectivity index (χ3n) is 4.62. The summed E-state index contributed by atoms with van der Waals surface area (Å²) in [6.45, 7) is 2.62. The summed E-state index contributed by atoms with van der Waals surface area (Å²) in [6.07, 6.45) is 0. The standard InChI is InChI=1S/C24H26ClNO2/c1-27-18-22(19-28-23-13-6-3-7-14-23)26(16-20-10-4-2-5-11-20)17-21-12-8-9-15-24(21)25/h2-15,22H,16-19H2,1H3. The average Bonchev–Trinajstić information content (AvgIpc) is 2.74. The molecule has 0 amide bonds. The van der Waals surface area contributed by atoms with Crippen LogP contribution in [-0.4, -0.2) is 31.3 Å². The summed E-state index contributed by atoms with van der Waals surface area (Å²) in [6, 6.07) is 28.4. The van der Waals surface area contributed by atoms with Crippen molar-refractivity contribution in [2.75, 3.05) is 20.3 Å². The highest BCUT2D eigenvalue weighted by molar-refractivity contribution is 6.31. The maximum absolute atomic E-state index is 6.44. The number of nitrogens with zero attached hydrogens (tertiary/aromatic N) is 1. The smallest absolute Gasteiger partial charge is 0.119 e. The van der Waals surface area contributed by atoms with Crippen molar-refractivity contribution in [1.29, 1.82) is 0 Å². The first kappa shape index (κ1) is 20.4. The van der Waals surface area contributed by atoms with Crippen LogP contribution in [0, 0.1) is 0 Å². The minimum absolute atomic E-state index is 0.0849. The van der Waals surface area contributed by atoms with E-state index in [-0.39, 0.29) is 6.04 Å². The van der Waals surface area contributed by atoms with E-state index in [0.29, 0.717) is 13.2 Å². The first-order valence-corrected chi connectivity index (χ1v) is 9.82. The number of para-hydroxylation sites is 1. The summed E-state index contributed by atoms with van der Waals surface area (Å²) in [5.41, 5.74) is 2.34. The van der Waals surface area contributed by atoms with Crippen LogP contribution in [0.5, 0.6) is 5.75 Å². The van der Waals surface area contributed by atoms with Gasteiger partial charge in [-0.1, -0.05) is 78.3 Å². The van der Waals surface area contributed by atoms with Crippen molar-refractivity contribution in [3.05, 3.63) is 101 Å². The number of halogens is 1. The Morgan fingerprint density at radius 1 is 0.786 bits per heavy atom. The Labute approximate surface area is 172 Å². The number of benzene rings is 3. The normalized spacial score (nSPS) is 12.1. The Balaban J connectivity index is 1.79.